The van der Waals surface area contributed by atoms with Gasteiger partial charge < -0.3 is 10.1 Å². The maximum absolute atomic E-state index is 12.4. The fourth-order valence-electron chi connectivity index (χ4n) is 2.36. The van der Waals surface area contributed by atoms with Crippen LogP contribution in [0.3, 0.4) is 0 Å². The van der Waals surface area contributed by atoms with Crippen LogP contribution < -0.4 is 10.0 Å². The lowest BCUT2D eigenvalue weighted by molar-refractivity contribution is -0.142. The monoisotopic (exact) mass is 312 g/mol. The number of sulfonamides is 1. The molecule has 2 unspecified atom stereocenters. The molecular formula is C14H20N2O4S. The molecule has 7 heteroatoms. The number of methoxy groups -OCH3 is 1. The van der Waals surface area contributed by atoms with Crippen molar-refractivity contribution in [3.8, 4) is 0 Å². The van der Waals surface area contributed by atoms with E-state index in [4.69, 9.17) is 0 Å². The van der Waals surface area contributed by atoms with Gasteiger partial charge in [-0.05, 0) is 37.5 Å². The van der Waals surface area contributed by atoms with Crippen LogP contribution in [0.2, 0.25) is 0 Å². The number of hydrogen-bond acceptors (Lipinski definition) is 5. The Morgan fingerprint density at radius 3 is 2.76 bits per heavy atom. The fraction of sp³-hybridized carbons (Fsp3) is 0.500. The highest BCUT2D eigenvalue weighted by molar-refractivity contribution is 7.93. The summed E-state index contributed by atoms with van der Waals surface area (Å²) in [7, 11) is -2.26. The van der Waals surface area contributed by atoms with Crippen LogP contribution in [-0.4, -0.2) is 39.3 Å². The molecule has 0 aliphatic carbocycles. The zero-order valence-corrected chi connectivity index (χ0v) is 13.2. The SMILES string of the molecule is COC(=O)C1CC(S(=O)(=O)Nc2cccc(C)c2C)CN1. The lowest BCUT2D eigenvalue weighted by atomic mass is 10.1. The summed E-state index contributed by atoms with van der Waals surface area (Å²) in [5, 5.41) is 2.23. The van der Waals surface area contributed by atoms with E-state index in [0.29, 0.717) is 5.69 Å². The van der Waals surface area contributed by atoms with Crippen LogP contribution in [0.25, 0.3) is 0 Å². The van der Waals surface area contributed by atoms with Gasteiger partial charge in [-0.3, -0.25) is 9.52 Å². The second kappa shape index (κ2) is 6.03. The molecule has 1 fully saturated rings. The van der Waals surface area contributed by atoms with Gasteiger partial charge in [0.1, 0.15) is 6.04 Å². The third-order valence-electron chi connectivity index (χ3n) is 3.87. The number of benzene rings is 1. The minimum Gasteiger partial charge on any atom is -0.468 e. The van der Waals surface area contributed by atoms with E-state index >= 15 is 0 Å². The van der Waals surface area contributed by atoms with Crippen LogP contribution in [-0.2, 0) is 19.6 Å². The van der Waals surface area contributed by atoms with E-state index in [2.05, 4.69) is 14.8 Å². The summed E-state index contributed by atoms with van der Waals surface area (Å²) in [5.74, 6) is -0.431. The first-order chi connectivity index (χ1) is 9.85. The van der Waals surface area contributed by atoms with E-state index in [-0.39, 0.29) is 13.0 Å². The average molecular weight is 312 g/mol. The van der Waals surface area contributed by atoms with Crippen molar-refractivity contribution >= 4 is 21.7 Å². The Morgan fingerprint density at radius 2 is 2.10 bits per heavy atom. The van der Waals surface area contributed by atoms with Crippen molar-refractivity contribution in [3.63, 3.8) is 0 Å². The Hall–Kier alpha value is -1.60. The summed E-state index contributed by atoms with van der Waals surface area (Å²) < 4.78 is 32.1. The minimum absolute atomic E-state index is 0.215. The van der Waals surface area contributed by atoms with Gasteiger partial charge in [0.25, 0.3) is 0 Å². The number of anilines is 1. The number of carbonyl (C=O) groups excluding carboxylic acids is 1. The largest absolute Gasteiger partial charge is 0.468 e. The molecule has 116 valence electrons. The molecule has 0 amide bonds. The smallest absolute Gasteiger partial charge is 0.322 e. The maximum Gasteiger partial charge on any atom is 0.322 e. The van der Waals surface area contributed by atoms with Gasteiger partial charge in [0.15, 0.2) is 0 Å². The van der Waals surface area contributed by atoms with E-state index in [1.54, 1.807) is 6.07 Å². The van der Waals surface area contributed by atoms with Crippen molar-refractivity contribution in [1.82, 2.24) is 5.32 Å². The molecule has 1 aliphatic heterocycles. The van der Waals surface area contributed by atoms with Gasteiger partial charge in [0.2, 0.25) is 10.0 Å². The van der Waals surface area contributed by atoms with Gasteiger partial charge in [-0.1, -0.05) is 12.1 Å². The molecule has 1 aromatic carbocycles. The number of rotatable bonds is 4. The Bertz CT molecular complexity index is 642. The van der Waals surface area contributed by atoms with E-state index in [9.17, 15) is 13.2 Å². The molecule has 1 aliphatic rings. The first-order valence-corrected chi connectivity index (χ1v) is 8.29. The van der Waals surface area contributed by atoms with E-state index in [0.717, 1.165) is 11.1 Å². The zero-order valence-electron chi connectivity index (χ0n) is 12.3. The number of carbonyl (C=O) groups is 1. The van der Waals surface area contributed by atoms with E-state index < -0.39 is 27.3 Å². The number of nitrogens with one attached hydrogen (secondary N) is 2. The number of aryl methyl sites for hydroxylation is 1. The van der Waals surface area contributed by atoms with Gasteiger partial charge in [-0.15, -0.1) is 0 Å². The number of esters is 1. The summed E-state index contributed by atoms with van der Waals surface area (Å²) >= 11 is 0. The average Bonchev–Trinajstić information content (AvgIpc) is 2.93. The molecule has 2 N–H and O–H groups in total. The van der Waals surface area contributed by atoms with Crippen molar-refractivity contribution in [2.45, 2.75) is 31.6 Å². The molecule has 1 aromatic rings. The molecule has 0 saturated carbocycles. The molecule has 6 nitrogen and oxygen atoms in total. The standard InChI is InChI=1S/C14H20N2O4S/c1-9-5-4-6-12(10(9)2)16-21(18,19)11-7-13(15-8-11)14(17)20-3/h4-6,11,13,15-16H,7-8H2,1-3H3. The van der Waals surface area contributed by atoms with E-state index in [1.165, 1.54) is 7.11 Å². The minimum atomic E-state index is -3.55. The van der Waals surface area contributed by atoms with Crippen molar-refractivity contribution in [2.24, 2.45) is 0 Å². The van der Waals surface area contributed by atoms with Crippen LogP contribution in [0.1, 0.15) is 17.5 Å². The predicted molar refractivity (Wildman–Crippen MR) is 80.7 cm³/mol. The quantitative estimate of drug-likeness (QED) is 0.809. The summed E-state index contributed by atoms with van der Waals surface area (Å²) in [6.45, 7) is 4.04. The fourth-order valence-corrected chi connectivity index (χ4v) is 3.82. The van der Waals surface area contributed by atoms with E-state index in [1.807, 2.05) is 26.0 Å². The highest BCUT2D eigenvalue weighted by Gasteiger charge is 2.37. The molecular weight excluding hydrogens is 292 g/mol. The Morgan fingerprint density at radius 1 is 1.38 bits per heavy atom. The second-order valence-electron chi connectivity index (χ2n) is 5.24. The van der Waals surface area contributed by atoms with Crippen LogP contribution in [0.5, 0.6) is 0 Å². The summed E-state index contributed by atoms with van der Waals surface area (Å²) in [4.78, 5) is 11.4. The molecule has 1 saturated heterocycles. The van der Waals surface area contributed by atoms with Crippen molar-refractivity contribution < 1.29 is 17.9 Å². The predicted octanol–water partition coefficient (Wildman–Crippen LogP) is 0.949. The Balaban J connectivity index is 2.13. The lowest BCUT2D eigenvalue weighted by Gasteiger charge is -2.15. The summed E-state index contributed by atoms with van der Waals surface area (Å²) in [6, 6.07) is 4.91. The van der Waals surface area contributed by atoms with Crippen LogP contribution >= 0.6 is 0 Å². The highest BCUT2D eigenvalue weighted by Crippen LogP contribution is 2.23. The summed E-state index contributed by atoms with van der Waals surface area (Å²) in [6.07, 6.45) is 0.215. The first-order valence-electron chi connectivity index (χ1n) is 6.74. The van der Waals surface area contributed by atoms with Crippen LogP contribution in [0, 0.1) is 13.8 Å². The van der Waals surface area contributed by atoms with Crippen molar-refractivity contribution in [2.75, 3.05) is 18.4 Å². The Kier molecular flexibility index (Phi) is 4.53. The molecule has 0 bridgehead atoms. The lowest BCUT2D eigenvalue weighted by Crippen LogP contribution is -2.31. The highest BCUT2D eigenvalue weighted by atomic mass is 32.2. The third kappa shape index (κ3) is 3.36. The van der Waals surface area contributed by atoms with Crippen LogP contribution in [0.15, 0.2) is 18.2 Å². The molecule has 0 radical (unpaired) electrons. The van der Waals surface area contributed by atoms with Gasteiger partial charge in [-0.25, -0.2) is 8.42 Å². The zero-order chi connectivity index (χ0) is 15.6. The maximum atomic E-state index is 12.4. The topological polar surface area (TPSA) is 84.5 Å². The normalized spacial score (nSPS) is 22.0. The second-order valence-corrected chi connectivity index (χ2v) is 7.20. The molecule has 1 heterocycles. The number of hydrogen-bond donors (Lipinski definition) is 2. The van der Waals surface area contributed by atoms with Gasteiger partial charge in [0, 0.05) is 6.54 Å². The van der Waals surface area contributed by atoms with Gasteiger partial charge >= 0.3 is 5.97 Å². The molecule has 0 spiro atoms. The van der Waals surface area contributed by atoms with Crippen molar-refractivity contribution in [3.05, 3.63) is 29.3 Å². The molecule has 2 rings (SSSR count). The van der Waals surface area contributed by atoms with Gasteiger partial charge in [0.05, 0.1) is 18.0 Å². The number of ether oxygens (including phenoxy) is 1. The third-order valence-corrected chi connectivity index (χ3v) is 5.61. The van der Waals surface area contributed by atoms with Crippen molar-refractivity contribution in [1.29, 1.82) is 0 Å². The van der Waals surface area contributed by atoms with Gasteiger partial charge in [-0.2, -0.15) is 0 Å². The first kappa shape index (κ1) is 15.8. The Labute approximate surface area is 124 Å². The molecule has 21 heavy (non-hydrogen) atoms. The summed E-state index contributed by atoms with van der Waals surface area (Å²) in [5.41, 5.74) is 2.50. The molecule has 2 atom stereocenters. The van der Waals surface area contributed by atoms with Crippen LogP contribution in [0.4, 0.5) is 5.69 Å². The molecule has 0 aromatic heterocycles.